The smallest absolute Gasteiger partial charge is 0.231 e. The highest BCUT2D eigenvalue weighted by molar-refractivity contribution is 14.2. The Bertz CT molecular complexity index is 404. The number of aromatic nitrogens is 1. The molecule has 0 aliphatic carbocycles. The summed E-state index contributed by atoms with van der Waals surface area (Å²) in [5.74, 6) is 3.33. The predicted molar refractivity (Wildman–Crippen MR) is 82.7 cm³/mol. The van der Waals surface area contributed by atoms with Crippen molar-refractivity contribution in [1.82, 2.24) is 4.98 Å². The van der Waals surface area contributed by atoms with E-state index in [9.17, 15) is 0 Å². The van der Waals surface area contributed by atoms with Gasteiger partial charge in [-0.3, -0.25) is 0 Å². The molecule has 3 nitrogen and oxygen atoms in total. The lowest BCUT2D eigenvalue weighted by atomic mass is 10.2. The number of rotatable bonds is 1. The summed E-state index contributed by atoms with van der Waals surface area (Å²) in [4.78, 5) is 4.05. The Morgan fingerprint density at radius 1 is 1.56 bits per heavy atom. The van der Waals surface area contributed by atoms with Crippen LogP contribution < -0.4 is 10.5 Å². The van der Waals surface area contributed by atoms with Gasteiger partial charge in [0.2, 0.25) is 5.88 Å². The molecular weight excluding hydrogens is 403 g/mol. The minimum Gasteiger partial charge on any atom is -0.480 e. The fourth-order valence-corrected chi connectivity index (χ4v) is 1.60. The molecule has 0 bridgehead atoms. The molecule has 0 unspecified atom stereocenters. The summed E-state index contributed by atoms with van der Waals surface area (Å²) in [6.07, 6.45) is 1.59. The topological polar surface area (TPSA) is 48.1 Å². The van der Waals surface area contributed by atoms with E-state index in [1.54, 1.807) is 6.20 Å². The van der Waals surface area contributed by atoms with Crippen LogP contribution in [0.5, 0.6) is 5.88 Å². The molecule has 0 amide bonds. The van der Waals surface area contributed by atoms with Gasteiger partial charge in [-0.1, -0.05) is 13.8 Å². The van der Waals surface area contributed by atoms with Crippen LogP contribution in [0.3, 0.4) is 0 Å². The average Bonchev–Trinajstić information content (AvgIpc) is 2.33. The summed E-state index contributed by atoms with van der Waals surface area (Å²) in [6.45, 7) is 4.00. The number of nitrogen functional groups attached to an aromatic ring is 1. The lowest BCUT2D eigenvalue weighted by molar-refractivity contribution is 0.397. The highest BCUT2D eigenvalue weighted by Crippen LogP contribution is 2.28. The first kappa shape index (κ1) is 15.9. The van der Waals surface area contributed by atoms with Crippen molar-refractivity contribution in [3.8, 4) is 17.1 Å². The third-order valence-corrected chi connectivity index (χ3v) is 2.92. The number of methoxy groups -OCH3 is 1. The van der Waals surface area contributed by atoms with Gasteiger partial charge in [0.15, 0.2) is 0 Å². The van der Waals surface area contributed by atoms with Gasteiger partial charge in [0, 0.05) is 27.4 Å². The zero-order chi connectivity index (χ0) is 12.6. The maximum absolute atomic E-state index is 5.82. The maximum Gasteiger partial charge on any atom is 0.231 e. The Morgan fingerprint density at radius 2 is 2.19 bits per heavy atom. The van der Waals surface area contributed by atoms with E-state index >= 15 is 0 Å². The van der Waals surface area contributed by atoms with Gasteiger partial charge in [0.05, 0.1) is 17.3 Å². The molecule has 1 heterocycles. The van der Waals surface area contributed by atoms with Gasteiger partial charge in [0.1, 0.15) is 5.56 Å². The van der Waals surface area contributed by atoms with Crippen molar-refractivity contribution >= 4 is 51.8 Å². The van der Waals surface area contributed by atoms with Crippen LogP contribution in [0.2, 0.25) is 0 Å². The third-order valence-electron chi connectivity index (χ3n) is 1.44. The molecule has 16 heavy (non-hydrogen) atoms. The van der Waals surface area contributed by atoms with E-state index in [0.717, 1.165) is 4.47 Å². The quantitative estimate of drug-likeness (QED) is 0.560. The lowest BCUT2D eigenvalue weighted by Gasteiger charge is -2.05. The van der Waals surface area contributed by atoms with Gasteiger partial charge in [-0.25, -0.2) is 4.98 Å². The Labute approximate surface area is 121 Å². The third kappa shape index (κ3) is 4.39. The fourth-order valence-electron chi connectivity index (χ4n) is 0.830. The first-order valence-corrected chi connectivity index (χ1v) is 8.62. The summed E-state index contributed by atoms with van der Waals surface area (Å²) in [5, 5.41) is 2.84. The number of pyridine rings is 1. The molecule has 6 heteroatoms. The minimum atomic E-state index is 0.448. The van der Waals surface area contributed by atoms with E-state index in [1.165, 1.54) is 16.0 Å². The summed E-state index contributed by atoms with van der Waals surface area (Å²) in [7, 11) is 2.92. The van der Waals surface area contributed by atoms with Crippen molar-refractivity contribution in [3.05, 3.63) is 16.2 Å². The standard InChI is InChI=1S/C8H6BrIN2OS.C2H6/c1-13-8-5(2-3-14-10)7(11)6(9)4-12-8;1-2/h4H,1H3,(H2,11,12);1-2H3. The summed E-state index contributed by atoms with van der Waals surface area (Å²) < 4.78 is 5.78. The molecule has 1 aromatic heterocycles. The first-order chi connectivity index (χ1) is 7.70. The van der Waals surface area contributed by atoms with Crippen molar-refractivity contribution in [1.29, 1.82) is 0 Å². The Hall–Kier alpha value is -0.130. The monoisotopic (exact) mass is 414 g/mol. The SMILES string of the molecule is CC.COc1ncc(Br)c(N)c1C#CSI. The van der Waals surface area contributed by atoms with Crippen molar-refractivity contribution in [2.45, 2.75) is 13.8 Å². The second-order valence-corrected chi connectivity index (χ2v) is 4.74. The van der Waals surface area contributed by atoms with Gasteiger partial charge < -0.3 is 10.5 Å². The largest absolute Gasteiger partial charge is 0.480 e. The van der Waals surface area contributed by atoms with E-state index < -0.39 is 0 Å². The number of hydrogen-bond acceptors (Lipinski definition) is 4. The fraction of sp³-hybridized carbons (Fsp3) is 0.300. The zero-order valence-corrected chi connectivity index (χ0v) is 13.7. The predicted octanol–water partition coefficient (Wildman–Crippen LogP) is 3.85. The number of hydrogen-bond donors (Lipinski definition) is 1. The molecule has 0 spiro atoms. The molecule has 0 aliphatic rings. The second-order valence-electron chi connectivity index (χ2n) is 2.21. The van der Waals surface area contributed by atoms with Gasteiger partial charge in [0.25, 0.3) is 0 Å². The summed E-state index contributed by atoms with van der Waals surface area (Å²) >= 11 is 5.37. The molecule has 0 atom stereocenters. The first-order valence-electron chi connectivity index (χ1n) is 4.47. The molecule has 0 radical (unpaired) electrons. The molecule has 88 valence electrons. The van der Waals surface area contributed by atoms with Gasteiger partial charge >= 0.3 is 0 Å². The molecule has 2 N–H and O–H groups in total. The highest BCUT2D eigenvalue weighted by atomic mass is 127. The van der Waals surface area contributed by atoms with Crippen molar-refractivity contribution < 1.29 is 4.74 Å². The summed E-state index contributed by atoms with van der Waals surface area (Å²) in [5.41, 5.74) is 6.99. The van der Waals surface area contributed by atoms with Crippen molar-refractivity contribution in [2.24, 2.45) is 0 Å². The molecule has 0 saturated heterocycles. The van der Waals surface area contributed by atoms with Crippen LogP contribution >= 0.6 is 46.1 Å². The van der Waals surface area contributed by atoms with Crippen molar-refractivity contribution in [2.75, 3.05) is 12.8 Å². The highest BCUT2D eigenvalue weighted by Gasteiger charge is 2.09. The Kier molecular flexibility index (Phi) is 8.89. The molecule has 0 aromatic carbocycles. The second kappa shape index (κ2) is 8.96. The van der Waals surface area contributed by atoms with Crippen LogP contribution in [-0.4, -0.2) is 12.1 Å². The van der Waals surface area contributed by atoms with Crippen LogP contribution in [0.4, 0.5) is 5.69 Å². The summed E-state index contributed by atoms with van der Waals surface area (Å²) in [6, 6.07) is 0. The Balaban J connectivity index is 0.00000106. The van der Waals surface area contributed by atoms with E-state index in [0.29, 0.717) is 17.1 Å². The molecule has 0 saturated carbocycles. The normalized spacial score (nSPS) is 8.31. The van der Waals surface area contributed by atoms with Crippen LogP contribution in [-0.2, 0) is 0 Å². The van der Waals surface area contributed by atoms with Crippen molar-refractivity contribution in [3.63, 3.8) is 0 Å². The molecule has 1 rings (SSSR count). The maximum atomic E-state index is 5.82. The van der Waals surface area contributed by atoms with Crippen LogP contribution in [0.15, 0.2) is 10.7 Å². The average molecular weight is 415 g/mol. The lowest BCUT2D eigenvalue weighted by Crippen LogP contribution is -1.98. The number of anilines is 1. The van der Waals surface area contributed by atoms with E-state index in [4.69, 9.17) is 10.5 Å². The number of nitrogens with zero attached hydrogens (tertiary/aromatic N) is 1. The zero-order valence-electron chi connectivity index (χ0n) is 9.17. The molecule has 0 fully saturated rings. The van der Waals surface area contributed by atoms with Crippen LogP contribution in [0, 0.1) is 11.2 Å². The molecule has 0 aliphatic heterocycles. The molecular formula is C10H12BrIN2OS. The minimum absolute atomic E-state index is 0.448. The van der Waals surface area contributed by atoms with Crippen LogP contribution in [0.25, 0.3) is 0 Å². The number of halogens is 2. The van der Waals surface area contributed by atoms with E-state index in [-0.39, 0.29) is 0 Å². The van der Waals surface area contributed by atoms with E-state index in [2.05, 4.69) is 53.3 Å². The number of ether oxygens (including phenoxy) is 1. The Morgan fingerprint density at radius 3 is 2.69 bits per heavy atom. The van der Waals surface area contributed by atoms with Crippen LogP contribution in [0.1, 0.15) is 19.4 Å². The van der Waals surface area contributed by atoms with Gasteiger partial charge in [-0.05, 0) is 36.0 Å². The van der Waals surface area contributed by atoms with Gasteiger partial charge in [-0.2, -0.15) is 0 Å². The van der Waals surface area contributed by atoms with Gasteiger partial charge in [-0.15, -0.1) is 0 Å². The molecule has 1 aromatic rings. The van der Waals surface area contributed by atoms with E-state index in [1.807, 2.05) is 13.8 Å². The number of nitrogens with two attached hydrogens (primary N) is 1.